The Balaban J connectivity index is 2.38. The molecule has 2 N–H and O–H groups in total. The van der Waals surface area contributed by atoms with E-state index in [1.54, 1.807) is 4.57 Å². The van der Waals surface area contributed by atoms with Crippen LogP contribution in [0.1, 0.15) is 25.1 Å². The third-order valence-corrected chi connectivity index (χ3v) is 3.38. The van der Waals surface area contributed by atoms with Crippen molar-refractivity contribution in [2.24, 2.45) is 0 Å². The molecule has 1 aromatic heterocycles. The second-order valence-electron chi connectivity index (χ2n) is 4.66. The number of phenols is 2. The summed E-state index contributed by atoms with van der Waals surface area (Å²) < 4.78 is 1.66. The number of phenolic OH excluding ortho intramolecular Hbond substituents is 2. The van der Waals surface area contributed by atoms with Crippen molar-refractivity contribution in [2.45, 2.75) is 32.2 Å². The summed E-state index contributed by atoms with van der Waals surface area (Å²) in [4.78, 5) is 16.7. The molecule has 0 amide bonds. The van der Waals surface area contributed by atoms with Crippen molar-refractivity contribution in [1.82, 2.24) is 9.55 Å². The Labute approximate surface area is 103 Å². The van der Waals surface area contributed by atoms with Gasteiger partial charge in [0.15, 0.2) is 0 Å². The summed E-state index contributed by atoms with van der Waals surface area (Å²) in [6.07, 6.45) is 3.81. The Morgan fingerprint density at radius 1 is 1.17 bits per heavy atom. The van der Waals surface area contributed by atoms with Gasteiger partial charge in [0.2, 0.25) is 0 Å². The molecule has 2 aromatic rings. The lowest BCUT2D eigenvalue weighted by molar-refractivity contribution is 0.453. The van der Waals surface area contributed by atoms with Crippen molar-refractivity contribution in [3.8, 4) is 11.5 Å². The van der Waals surface area contributed by atoms with Crippen molar-refractivity contribution >= 4 is 10.9 Å². The SMILES string of the molecule is O=c1c2cc(O)cc(O)c2nc2n1CCCCC2. The molecule has 0 saturated heterocycles. The van der Waals surface area contributed by atoms with Crippen molar-refractivity contribution in [2.75, 3.05) is 0 Å². The van der Waals surface area contributed by atoms with Gasteiger partial charge in [-0.1, -0.05) is 6.42 Å². The van der Waals surface area contributed by atoms with Crippen LogP contribution in [0.4, 0.5) is 0 Å². The Morgan fingerprint density at radius 2 is 2.00 bits per heavy atom. The highest BCUT2D eigenvalue weighted by Gasteiger charge is 2.16. The first-order valence-corrected chi connectivity index (χ1v) is 6.12. The van der Waals surface area contributed by atoms with Crippen molar-refractivity contribution in [3.05, 3.63) is 28.3 Å². The number of aromatic nitrogens is 2. The Hall–Kier alpha value is -2.04. The molecule has 0 spiro atoms. The van der Waals surface area contributed by atoms with E-state index in [0.717, 1.165) is 31.5 Å². The van der Waals surface area contributed by atoms with E-state index in [2.05, 4.69) is 4.98 Å². The van der Waals surface area contributed by atoms with Gasteiger partial charge >= 0.3 is 0 Å². The van der Waals surface area contributed by atoms with E-state index < -0.39 is 0 Å². The monoisotopic (exact) mass is 246 g/mol. The van der Waals surface area contributed by atoms with Crippen LogP contribution < -0.4 is 5.56 Å². The molecule has 5 nitrogen and oxygen atoms in total. The fourth-order valence-electron chi connectivity index (χ4n) is 2.49. The molecule has 1 aromatic carbocycles. The number of benzene rings is 1. The van der Waals surface area contributed by atoms with E-state index in [0.29, 0.717) is 6.54 Å². The Morgan fingerprint density at radius 3 is 2.83 bits per heavy atom. The molecule has 3 rings (SSSR count). The average Bonchev–Trinajstić information content (AvgIpc) is 2.56. The molecule has 0 aliphatic carbocycles. The highest BCUT2D eigenvalue weighted by atomic mass is 16.3. The number of fused-ring (bicyclic) bond motifs is 2. The number of aryl methyl sites for hydroxylation is 1. The average molecular weight is 246 g/mol. The molecule has 0 fully saturated rings. The summed E-state index contributed by atoms with van der Waals surface area (Å²) in [6, 6.07) is 2.57. The first kappa shape index (κ1) is 11.1. The van der Waals surface area contributed by atoms with E-state index in [4.69, 9.17) is 0 Å². The van der Waals surface area contributed by atoms with Crippen molar-refractivity contribution in [1.29, 1.82) is 0 Å². The predicted octanol–water partition coefficient (Wildman–Crippen LogP) is 1.53. The summed E-state index contributed by atoms with van der Waals surface area (Å²) >= 11 is 0. The molecule has 2 heterocycles. The maximum absolute atomic E-state index is 12.3. The van der Waals surface area contributed by atoms with Crippen molar-refractivity contribution < 1.29 is 10.2 Å². The second kappa shape index (κ2) is 4.01. The molecule has 1 aliphatic rings. The van der Waals surface area contributed by atoms with Crippen LogP contribution in [-0.2, 0) is 13.0 Å². The van der Waals surface area contributed by atoms with E-state index >= 15 is 0 Å². The zero-order valence-electron chi connectivity index (χ0n) is 9.89. The normalized spacial score (nSPS) is 15.3. The molecule has 5 heteroatoms. The van der Waals surface area contributed by atoms with Crippen LogP contribution in [0.5, 0.6) is 11.5 Å². The molecule has 0 saturated carbocycles. The molecule has 94 valence electrons. The quantitative estimate of drug-likeness (QED) is 0.739. The largest absolute Gasteiger partial charge is 0.508 e. The van der Waals surface area contributed by atoms with Crippen LogP contribution >= 0.6 is 0 Å². The minimum Gasteiger partial charge on any atom is -0.508 e. The van der Waals surface area contributed by atoms with Crippen LogP contribution in [0, 0.1) is 0 Å². The number of rotatable bonds is 0. The highest BCUT2D eigenvalue weighted by molar-refractivity contribution is 5.85. The van der Waals surface area contributed by atoms with Gasteiger partial charge in [0, 0.05) is 19.0 Å². The van der Waals surface area contributed by atoms with Crippen molar-refractivity contribution in [3.63, 3.8) is 0 Å². The summed E-state index contributed by atoms with van der Waals surface area (Å²) in [5.74, 6) is 0.466. The van der Waals surface area contributed by atoms with Gasteiger partial charge in [0.1, 0.15) is 22.8 Å². The fourth-order valence-corrected chi connectivity index (χ4v) is 2.49. The zero-order chi connectivity index (χ0) is 12.7. The summed E-state index contributed by atoms with van der Waals surface area (Å²) in [7, 11) is 0. The fraction of sp³-hybridized carbons (Fsp3) is 0.385. The minimum atomic E-state index is -0.178. The summed E-state index contributed by atoms with van der Waals surface area (Å²) in [6.45, 7) is 0.660. The zero-order valence-corrected chi connectivity index (χ0v) is 9.89. The van der Waals surface area contributed by atoms with E-state index in [9.17, 15) is 15.0 Å². The van der Waals surface area contributed by atoms with Crippen LogP contribution in [0.2, 0.25) is 0 Å². The predicted molar refractivity (Wildman–Crippen MR) is 66.9 cm³/mol. The van der Waals surface area contributed by atoms with Gasteiger partial charge in [-0.05, 0) is 18.9 Å². The first-order chi connectivity index (χ1) is 8.66. The molecule has 0 radical (unpaired) electrons. The first-order valence-electron chi connectivity index (χ1n) is 6.12. The van der Waals surface area contributed by atoms with Crippen LogP contribution in [-0.4, -0.2) is 19.8 Å². The molecule has 18 heavy (non-hydrogen) atoms. The molecule has 0 atom stereocenters. The van der Waals surface area contributed by atoms with Gasteiger partial charge in [-0.2, -0.15) is 0 Å². The number of nitrogens with zero attached hydrogens (tertiary/aromatic N) is 2. The van der Waals surface area contributed by atoms with E-state index in [1.807, 2.05) is 0 Å². The number of hydrogen-bond donors (Lipinski definition) is 2. The lowest BCUT2D eigenvalue weighted by Crippen LogP contribution is -2.24. The van der Waals surface area contributed by atoms with Gasteiger partial charge in [0.25, 0.3) is 5.56 Å². The third kappa shape index (κ3) is 1.63. The maximum Gasteiger partial charge on any atom is 0.261 e. The topological polar surface area (TPSA) is 75.3 Å². The van der Waals surface area contributed by atoms with Gasteiger partial charge < -0.3 is 10.2 Å². The second-order valence-corrected chi connectivity index (χ2v) is 4.66. The Bertz CT molecular complexity index is 676. The lowest BCUT2D eigenvalue weighted by Gasteiger charge is -2.10. The molecular weight excluding hydrogens is 232 g/mol. The van der Waals surface area contributed by atoms with Crippen LogP contribution in [0.3, 0.4) is 0 Å². The number of hydrogen-bond acceptors (Lipinski definition) is 4. The Kier molecular flexibility index (Phi) is 2.47. The van der Waals surface area contributed by atoms with Gasteiger partial charge in [-0.15, -0.1) is 0 Å². The standard InChI is InChI=1S/C13H14N2O3/c16-8-6-9-12(10(17)7-8)14-11-4-2-1-3-5-15(11)13(9)18/h6-7,16-17H,1-5H2. The smallest absolute Gasteiger partial charge is 0.261 e. The summed E-state index contributed by atoms with van der Waals surface area (Å²) in [5, 5.41) is 19.5. The molecular formula is C13H14N2O3. The van der Waals surface area contributed by atoms with Crippen LogP contribution in [0.25, 0.3) is 10.9 Å². The minimum absolute atomic E-state index is 0.118. The lowest BCUT2D eigenvalue weighted by atomic mass is 10.2. The third-order valence-electron chi connectivity index (χ3n) is 3.38. The van der Waals surface area contributed by atoms with Gasteiger partial charge in [-0.3, -0.25) is 9.36 Å². The molecule has 0 bridgehead atoms. The maximum atomic E-state index is 12.3. The van der Waals surface area contributed by atoms with Gasteiger partial charge in [0.05, 0.1) is 5.39 Å². The van der Waals surface area contributed by atoms with Crippen LogP contribution in [0.15, 0.2) is 16.9 Å². The van der Waals surface area contributed by atoms with E-state index in [-0.39, 0.29) is 28.0 Å². The van der Waals surface area contributed by atoms with Gasteiger partial charge in [-0.25, -0.2) is 4.98 Å². The molecule has 0 unspecified atom stereocenters. The number of aromatic hydroxyl groups is 2. The molecule has 1 aliphatic heterocycles. The highest BCUT2D eigenvalue weighted by Crippen LogP contribution is 2.27. The summed E-state index contributed by atoms with van der Waals surface area (Å²) in [5.41, 5.74) is 0.106. The van der Waals surface area contributed by atoms with E-state index in [1.165, 1.54) is 12.1 Å².